The Bertz CT molecular complexity index is 335. The highest BCUT2D eigenvalue weighted by Gasteiger charge is 2.06. The molecule has 5 heteroatoms. The van der Waals surface area contributed by atoms with Crippen molar-refractivity contribution >= 4 is 0 Å². The maximum absolute atomic E-state index is 9.12. The molecule has 1 atom stereocenters. The van der Waals surface area contributed by atoms with Gasteiger partial charge in [0.25, 0.3) is 0 Å². The largest absolute Gasteiger partial charge is 0.474 e. The molecule has 1 rings (SSSR count). The summed E-state index contributed by atoms with van der Waals surface area (Å²) in [6, 6.07) is 5.17. The third-order valence-electron chi connectivity index (χ3n) is 1.58. The summed E-state index contributed by atoms with van der Waals surface area (Å²) >= 11 is 0. The van der Waals surface area contributed by atoms with Crippen LogP contribution in [0.3, 0.4) is 0 Å². The molecule has 0 bridgehead atoms. The van der Waals surface area contributed by atoms with Gasteiger partial charge in [-0.25, -0.2) is 4.98 Å². The molecular weight excluding hydrogens is 182 g/mol. The van der Waals surface area contributed by atoms with Crippen molar-refractivity contribution in [2.45, 2.75) is 6.10 Å². The Hall–Kier alpha value is -1.64. The van der Waals surface area contributed by atoms with Crippen LogP contribution in [-0.2, 0) is 0 Å². The van der Waals surface area contributed by atoms with Crippen molar-refractivity contribution in [3.63, 3.8) is 0 Å². The van der Waals surface area contributed by atoms with Crippen molar-refractivity contribution in [3.05, 3.63) is 23.9 Å². The highest BCUT2D eigenvalue weighted by molar-refractivity contribution is 5.36. The molecule has 0 aromatic carbocycles. The van der Waals surface area contributed by atoms with Gasteiger partial charge in [-0.05, 0) is 12.1 Å². The predicted molar refractivity (Wildman–Crippen MR) is 49.5 cm³/mol. The zero-order chi connectivity index (χ0) is 10.4. The van der Waals surface area contributed by atoms with Crippen LogP contribution < -0.4 is 10.5 Å². The molecular formula is C9H11N3O2. The quantitative estimate of drug-likeness (QED) is 0.682. The van der Waals surface area contributed by atoms with Gasteiger partial charge in [-0.1, -0.05) is 0 Å². The maximum Gasteiger partial charge on any atom is 0.231 e. The number of aliphatic hydroxyl groups is 1. The number of ether oxygens (including phenoxy) is 1. The normalized spacial score (nSPS) is 11.8. The van der Waals surface area contributed by atoms with E-state index in [0.717, 1.165) is 0 Å². The van der Waals surface area contributed by atoms with E-state index < -0.39 is 6.10 Å². The fraction of sp³-hybridized carbons (Fsp3) is 0.333. The number of nitrogens with two attached hydrogens (primary N) is 1. The van der Waals surface area contributed by atoms with Gasteiger partial charge in [0, 0.05) is 12.7 Å². The summed E-state index contributed by atoms with van der Waals surface area (Å²) in [5, 5.41) is 17.8. The SMILES string of the molecule is N#Cc1cccnc1OCC(O)CN. The van der Waals surface area contributed by atoms with Crippen LogP contribution in [-0.4, -0.2) is 29.3 Å². The number of aliphatic hydroxyl groups excluding tert-OH is 1. The lowest BCUT2D eigenvalue weighted by Crippen LogP contribution is -2.26. The first kappa shape index (κ1) is 10.4. The molecule has 0 aliphatic heterocycles. The molecule has 0 spiro atoms. The minimum absolute atomic E-state index is 0.0438. The predicted octanol–water partition coefficient (Wildman–Crippen LogP) is -0.348. The molecule has 5 nitrogen and oxygen atoms in total. The van der Waals surface area contributed by atoms with Crippen LogP contribution in [0.2, 0.25) is 0 Å². The number of nitriles is 1. The Labute approximate surface area is 81.8 Å². The minimum Gasteiger partial charge on any atom is -0.474 e. The molecule has 0 saturated heterocycles. The second-order valence-corrected chi connectivity index (χ2v) is 2.67. The van der Waals surface area contributed by atoms with Gasteiger partial charge in [0.05, 0.1) is 0 Å². The third kappa shape index (κ3) is 2.69. The van der Waals surface area contributed by atoms with Crippen LogP contribution in [0.25, 0.3) is 0 Å². The van der Waals surface area contributed by atoms with Crippen molar-refractivity contribution in [1.29, 1.82) is 5.26 Å². The van der Waals surface area contributed by atoms with E-state index in [2.05, 4.69) is 4.98 Å². The first-order valence-electron chi connectivity index (χ1n) is 4.14. The van der Waals surface area contributed by atoms with Crippen LogP contribution in [0.4, 0.5) is 0 Å². The summed E-state index contributed by atoms with van der Waals surface area (Å²) in [6.07, 6.45) is 0.786. The maximum atomic E-state index is 9.12. The first-order chi connectivity index (χ1) is 6.77. The highest BCUT2D eigenvalue weighted by Crippen LogP contribution is 2.12. The van der Waals surface area contributed by atoms with Crippen molar-refractivity contribution < 1.29 is 9.84 Å². The molecule has 74 valence electrons. The first-order valence-corrected chi connectivity index (χ1v) is 4.14. The molecule has 0 amide bonds. The Kier molecular flexibility index (Phi) is 3.85. The van der Waals surface area contributed by atoms with Gasteiger partial charge in [0.15, 0.2) is 0 Å². The highest BCUT2D eigenvalue weighted by atomic mass is 16.5. The van der Waals surface area contributed by atoms with Crippen LogP contribution in [0.1, 0.15) is 5.56 Å². The van der Waals surface area contributed by atoms with E-state index >= 15 is 0 Å². The molecule has 0 aliphatic rings. The van der Waals surface area contributed by atoms with Crippen LogP contribution in [0.5, 0.6) is 5.88 Å². The second-order valence-electron chi connectivity index (χ2n) is 2.67. The topological polar surface area (TPSA) is 92.2 Å². The Morgan fingerprint density at radius 1 is 1.71 bits per heavy atom. The number of aromatic nitrogens is 1. The van der Waals surface area contributed by atoms with Crippen molar-refractivity contribution in [2.24, 2.45) is 5.73 Å². The number of pyridine rings is 1. The molecule has 3 N–H and O–H groups in total. The van der Waals surface area contributed by atoms with Crippen LogP contribution >= 0.6 is 0 Å². The summed E-state index contributed by atoms with van der Waals surface area (Å²) in [7, 11) is 0. The van der Waals surface area contributed by atoms with Gasteiger partial charge in [-0.2, -0.15) is 5.26 Å². The Balaban J connectivity index is 2.63. The summed E-state index contributed by atoms with van der Waals surface area (Å²) in [5.74, 6) is 0.225. The zero-order valence-electron chi connectivity index (χ0n) is 7.55. The minimum atomic E-state index is -0.733. The van der Waals surface area contributed by atoms with E-state index in [1.807, 2.05) is 6.07 Å². The van der Waals surface area contributed by atoms with Crippen molar-refractivity contribution in [1.82, 2.24) is 4.98 Å². The lowest BCUT2D eigenvalue weighted by Gasteiger charge is -2.09. The lowest BCUT2D eigenvalue weighted by molar-refractivity contribution is 0.111. The zero-order valence-corrected chi connectivity index (χ0v) is 7.55. The van der Waals surface area contributed by atoms with Gasteiger partial charge in [0.2, 0.25) is 5.88 Å². The van der Waals surface area contributed by atoms with E-state index in [9.17, 15) is 0 Å². The summed E-state index contributed by atoms with van der Waals surface area (Å²) in [6.45, 7) is 0.164. The second kappa shape index (κ2) is 5.17. The average Bonchev–Trinajstić information content (AvgIpc) is 2.26. The van der Waals surface area contributed by atoms with E-state index in [4.69, 9.17) is 20.8 Å². The Morgan fingerprint density at radius 2 is 2.50 bits per heavy atom. The third-order valence-corrected chi connectivity index (χ3v) is 1.58. The molecule has 0 fully saturated rings. The molecule has 1 aromatic rings. The average molecular weight is 193 g/mol. The van der Waals surface area contributed by atoms with Gasteiger partial charge in [-0.15, -0.1) is 0 Å². The van der Waals surface area contributed by atoms with Gasteiger partial charge >= 0.3 is 0 Å². The monoisotopic (exact) mass is 193 g/mol. The van der Waals surface area contributed by atoms with E-state index in [1.54, 1.807) is 12.1 Å². The summed E-state index contributed by atoms with van der Waals surface area (Å²) < 4.78 is 5.12. The van der Waals surface area contributed by atoms with Crippen LogP contribution in [0.15, 0.2) is 18.3 Å². The number of hydrogen-bond acceptors (Lipinski definition) is 5. The fourth-order valence-electron chi connectivity index (χ4n) is 0.834. The Morgan fingerprint density at radius 3 is 3.14 bits per heavy atom. The number of rotatable bonds is 4. The van der Waals surface area contributed by atoms with E-state index in [0.29, 0.717) is 5.56 Å². The molecule has 0 aliphatic carbocycles. The van der Waals surface area contributed by atoms with Gasteiger partial charge in [-0.3, -0.25) is 0 Å². The molecule has 0 saturated carbocycles. The number of nitrogens with zero attached hydrogens (tertiary/aromatic N) is 2. The van der Waals surface area contributed by atoms with E-state index in [1.165, 1.54) is 6.20 Å². The van der Waals surface area contributed by atoms with Crippen molar-refractivity contribution in [2.75, 3.05) is 13.2 Å². The van der Waals surface area contributed by atoms with Gasteiger partial charge < -0.3 is 15.6 Å². The fourth-order valence-corrected chi connectivity index (χ4v) is 0.834. The smallest absolute Gasteiger partial charge is 0.231 e. The standard InChI is InChI=1S/C9H11N3O2/c10-4-7-2-1-3-12-9(7)14-6-8(13)5-11/h1-3,8,13H,5-6,11H2. The van der Waals surface area contributed by atoms with Crippen LogP contribution in [0, 0.1) is 11.3 Å². The lowest BCUT2D eigenvalue weighted by atomic mass is 10.3. The molecule has 1 unspecified atom stereocenters. The molecule has 14 heavy (non-hydrogen) atoms. The van der Waals surface area contributed by atoms with Crippen molar-refractivity contribution in [3.8, 4) is 11.9 Å². The summed E-state index contributed by atoms with van der Waals surface area (Å²) in [4.78, 5) is 3.86. The molecule has 0 radical (unpaired) electrons. The molecule has 1 aromatic heterocycles. The molecule has 1 heterocycles. The number of hydrogen-bond donors (Lipinski definition) is 2. The van der Waals surface area contributed by atoms with Gasteiger partial charge in [0.1, 0.15) is 24.3 Å². The summed E-state index contributed by atoms with van der Waals surface area (Å²) in [5.41, 5.74) is 5.54. The van der Waals surface area contributed by atoms with E-state index in [-0.39, 0.29) is 19.0 Å².